The standard InChI is InChI=1S/C37H37F3N4O2/c1-3-33-32(37(38,39)40)20-34(44(33)30-9-4-6-24(16-30)21-41)36(45)43-29-8-5-7-27(18-29)35(42-22-23-10-11-23)28-13-12-26-19-31(46-2)15-14-25(26)17-28/h4-9,12-20,23,35,42H,3,10-11,21-22,41H2,1-2H3,(H,43,45). The third kappa shape index (κ3) is 6.66. The van der Waals surface area contributed by atoms with Gasteiger partial charge in [0.1, 0.15) is 11.4 Å². The highest BCUT2D eigenvalue weighted by Gasteiger charge is 2.37. The number of halogens is 3. The summed E-state index contributed by atoms with van der Waals surface area (Å²) < 4.78 is 49.3. The Morgan fingerprint density at radius 3 is 2.41 bits per heavy atom. The first-order valence-electron chi connectivity index (χ1n) is 15.5. The van der Waals surface area contributed by atoms with E-state index in [0.717, 1.165) is 45.8 Å². The number of anilines is 1. The second-order valence-electron chi connectivity index (χ2n) is 11.8. The minimum absolute atomic E-state index is 0.0128. The summed E-state index contributed by atoms with van der Waals surface area (Å²) >= 11 is 0. The monoisotopic (exact) mass is 626 g/mol. The lowest BCUT2D eigenvalue weighted by Gasteiger charge is -2.21. The van der Waals surface area contributed by atoms with Crippen molar-refractivity contribution in [3.05, 3.63) is 125 Å². The van der Waals surface area contributed by atoms with Crippen LogP contribution >= 0.6 is 0 Å². The predicted molar refractivity (Wildman–Crippen MR) is 176 cm³/mol. The molecule has 1 saturated carbocycles. The molecule has 238 valence electrons. The van der Waals surface area contributed by atoms with Gasteiger partial charge in [0.05, 0.1) is 18.7 Å². The van der Waals surface area contributed by atoms with Crippen LogP contribution in [0.4, 0.5) is 18.9 Å². The van der Waals surface area contributed by atoms with Gasteiger partial charge in [-0.1, -0.05) is 49.4 Å². The van der Waals surface area contributed by atoms with Gasteiger partial charge in [0, 0.05) is 23.6 Å². The highest BCUT2D eigenvalue weighted by molar-refractivity contribution is 6.04. The van der Waals surface area contributed by atoms with E-state index in [1.165, 1.54) is 17.4 Å². The SMILES string of the molecule is CCc1c(C(F)(F)F)cc(C(=O)Nc2cccc(C(NCC3CC3)c3ccc4cc(OC)ccc4c3)c2)n1-c1cccc(CN)c1. The zero-order chi connectivity index (χ0) is 32.4. The van der Waals surface area contributed by atoms with E-state index >= 15 is 0 Å². The number of alkyl halides is 3. The molecule has 1 atom stereocenters. The van der Waals surface area contributed by atoms with Crippen LogP contribution in [0.5, 0.6) is 5.75 Å². The fourth-order valence-electron chi connectivity index (χ4n) is 6.00. The number of amides is 1. The Morgan fingerprint density at radius 2 is 1.70 bits per heavy atom. The number of aromatic nitrogens is 1. The van der Waals surface area contributed by atoms with Crippen LogP contribution in [0.2, 0.25) is 0 Å². The number of carbonyl (C=O) groups excluding carboxylic acids is 1. The number of nitrogens with two attached hydrogens (primary N) is 1. The van der Waals surface area contributed by atoms with Crippen LogP contribution in [0, 0.1) is 5.92 Å². The third-order valence-electron chi connectivity index (χ3n) is 8.57. The Hall–Kier alpha value is -4.60. The lowest BCUT2D eigenvalue weighted by Crippen LogP contribution is -2.25. The van der Waals surface area contributed by atoms with Crippen molar-refractivity contribution in [3.63, 3.8) is 0 Å². The van der Waals surface area contributed by atoms with E-state index in [0.29, 0.717) is 17.3 Å². The van der Waals surface area contributed by atoms with Crippen molar-refractivity contribution >= 4 is 22.4 Å². The Kier molecular flexibility index (Phi) is 8.88. The summed E-state index contributed by atoms with van der Waals surface area (Å²) in [6.07, 6.45) is -2.15. The maximum Gasteiger partial charge on any atom is 0.418 e. The number of benzene rings is 4. The molecule has 0 radical (unpaired) electrons. The third-order valence-corrected chi connectivity index (χ3v) is 8.57. The van der Waals surface area contributed by atoms with Crippen molar-refractivity contribution in [3.8, 4) is 11.4 Å². The van der Waals surface area contributed by atoms with Gasteiger partial charge in [0.15, 0.2) is 0 Å². The average molecular weight is 627 g/mol. The van der Waals surface area contributed by atoms with Gasteiger partial charge in [-0.25, -0.2) is 0 Å². The zero-order valence-corrected chi connectivity index (χ0v) is 25.8. The molecule has 1 unspecified atom stereocenters. The van der Waals surface area contributed by atoms with Crippen LogP contribution in [0.3, 0.4) is 0 Å². The van der Waals surface area contributed by atoms with Gasteiger partial charge in [-0.3, -0.25) is 4.79 Å². The summed E-state index contributed by atoms with van der Waals surface area (Å²) in [6, 6.07) is 27.5. The van der Waals surface area contributed by atoms with Crippen LogP contribution in [0.25, 0.3) is 16.5 Å². The molecule has 4 N–H and O–H groups in total. The molecule has 1 aliphatic carbocycles. The van der Waals surface area contributed by atoms with E-state index < -0.39 is 17.6 Å². The smallest absolute Gasteiger partial charge is 0.418 e. The Labute approximate surface area is 266 Å². The summed E-state index contributed by atoms with van der Waals surface area (Å²) in [5, 5.41) is 8.74. The number of hydrogen-bond acceptors (Lipinski definition) is 4. The largest absolute Gasteiger partial charge is 0.497 e. The molecule has 1 amide bonds. The number of carbonyl (C=O) groups is 1. The van der Waals surface area contributed by atoms with Crippen LogP contribution < -0.4 is 21.1 Å². The van der Waals surface area contributed by atoms with E-state index in [-0.39, 0.29) is 30.4 Å². The minimum atomic E-state index is -4.62. The number of nitrogens with one attached hydrogen (secondary N) is 2. The van der Waals surface area contributed by atoms with Crippen molar-refractivity contribution in [2.45, 2.75) is 44.9 Å². The summed E-state index contributed by atoms with van der Waals surface area (Å²) in [6.45, 7) is 2.73. The number of methoxy groups -OCH3 is 1. The lowest BCUT2D eigenvalue weighted by molar-refractivity contribution is -0.138. The molecule has 0 bridgehead atoms. The van der Waals surface area contributed by atoms with Gasteiger partial charge < -0.3 is 25.7 Å². The molecule has 46 heavy (non-hydrogen) atoms. The van der Waals surface area contributed by atoms with Crippen molar-refractivity contribution in [2.75, 3.05) is 19.0 Å². The van der Waals surface area contributed by atoms with E-state index in [9.17, 15) is 18.0 Å². The van der Waals surface area contributed by atoms with Gasteiger partial charge in [0.2, 0.25) is 0 Å². The molecule has 6 nitrogen and oxygen atoms in total. The van der Waals surface area contributed by atoms with E-state index in [2.05, 4.69) is 28.8 Å². The van der Waals surface area contributed by atoms with Crippen molar-refractivity contribution in [1.82, 2.24) is 9.88 Å². The molecular formula is C37H37F3N4O2. The predicted octanol–water partition coefficient (Wildman–Crippen LogP) is 8.02. The second kappa shape index (κ2) is 13.0. The highest BCUT2D eigenvalue weighted by atomic mass is 19.4. The van der Waals surface area contributed by atoms with Gasteiger partial charge in [0.25, 0.3) is 5.91 Å². The first-order valence-corrected chi connectivity index (χ1v) is 15.5. The van der Waals surface area contributed by atoms with Crippen LogP contribution in [0.1, 0.15) is 64.2 Å². The first kappa shape index (κ1) is 31.4. The molecule has 6 rings (SSSR count). The normalized spacial score (nSPS) is 14.0. The molecule has 1 aliphatic rings. The molecule has 5 aromatic rings. The average Bonchev–Trinajstić information content (AvgIpc) is 3.80. The molecule has 4 aromatic carbocycles. The molecule has 0 saturated heterocycles. The molecule has 1 heterocycles. The number of hydrogen-bond donors (Lipinski definition) is 3. The molecule has 1 fully saturated rings. The number of nitrogens with zero attached hydrogens (tertiary/aromatic N) is 1. The Morgan fingerprint density at radius 1 is 0.957 bits per heavy atom. The van der Waals surface area contributed by atoms with E-state index in [1.807, 2.05) is 36.4 Å². The Balaban J connectivity index is 1.35. The van der Waals surface area contributed by atoms with Gasteiger partial charge >= 0.3 is 6.18 Å². The van der Waals surface area contributed by atoms with E-state index in [1.54, 1.807) is 44.4 Å². The minimum Gasteiger partial charge on any atom is -0.497 e. The fraction of sp³-hybridized carbons (Fsp3) is 0.270. The maximum absolute atomic E-state index is 14.2. The summed E-state index contributed by atoms with van der Waals surface area (Å²) in [7, 11) is 1.65. The molecular weight excluding hydrogens is 589 g/mol. The quantitative estimate of drug-likeness (QED) is 0.139. The lowest BCUT2D eigenvalue weighted by atomic mass is 9.95. The fourth-order valence-corrected chi connectivity index (χ4v) is 6.00. The van der Waals surface area contributed by atoms with Gasteiger partial charge in [-0.2, -0.15) is 13.2 Å². The molecule has 0 spiro atoms. The van der Waals surface area contributed by atoms with Gasteiger partial charge in [-0.15, -0.1) is 0 Å². The number of fused-ring (bicyclic) bond motifs is 1. The molecule has 1 aromatic heterocycles. The van der Waals surface area contributed by atoms with Crippen molar-refractivity contribution in [1.29, 1.82) is 0 Å². The number of rotatable bonds is 11. The van der Waals surface area contributed by atoms with E-state index in [4.69, 9.17) is 10.5 Å². The summed E-state index contributed by atoms with van der Waals surface area (Å²) in [4.78, 5) is 13.8. The second-order valence-corrected chi connectivity index (χ2v) is 11.8. The van der Waals surface area contributed by atoms with Crippen LogP contribution in [-0.4, -0.2) is 24.1 Å². The van der Waals surface area contributed by atoms with Crippen molar-refractivity contribution < 1.29 is 22.7 Å². The highest BCUT2D eigenvalue weighted by Crippen LogP contribution is 2.37. The molecule has 9 heteroatoms. The van der Waals surface area contributed by atoms with Crippen LogP contribution in [-0.2, 0) is 19.1 Å². The Bertz CT molecular complexity index is 1880. The summed E-state index contributed by atoms with van der Waals surface area (Å²) in [5.74, 6) is 0.789. The summed E-state index contributed by atoms with van der Waals surface area (Å²) in [5.41, 5.74) is 8.60. The van der Waals surface area contributed by atoms with Crippen molar-refractivity contribution in [2.24, 2.45) is 11.7 Å². The molecule has 0 aliphatic heterocycles. The maximum atomic E-state index is 14.2. The zero-order valence-electron chi connectivity index (χ0n) is 25.8. The van der Waals surface area contributed by atoms with Gasteiger partial charge in [-0.05, 0) is 108 Å². The topological polar surface area (TPSA) is 81.3 Å². The first-order chi connectivity index (χ1) is 22.2. The number of ether oxygens (including phenoxy) is 1. The van der Waals surface area contributed by atoms with Crippen LogP contribution in [0.15, 0.2) is 91.0 Å².